The summed E-state index contributed by atoms with van der Waals surface area (Å²) in [5, 5.41) is 0. The Morgan fingerprint density at radius 3 is 2.11 bits per heavy atom. The van der Waals surface area contributed by atoms with Crippen LogP contribution in [-0.4, -0.2) is 31.0 Å². The van der Waals surface area contributed by atoms with Crippen LogP contribution in [0.25, 0.3) is 0 Å². The molecule has 3 aromatic carbocycles. The zero-order valence-electron chi connectivity index (χ0n) is 19.3. The highest BCUT2D eigenvalue weighted by Gasteiger charge is 2.59. The van der Waals surface area contributed by atoms with Crippen molar-refractivity contribution in [2.24, 2.45) is 0 Å². The van der Waals surface area contributed by atoms with Crippen LogP contribution in [0.4, 0.5) is 30.7 Å². The molecule has 0 bridgehead atoms. The molecule has 37 heavy (non-hydrogen) atoms. The van der Waals surface area contributed by atoms with Crippen molar-refractivity contribution in [1.82, 2.24) is 0 Å². The summed E-state index contributed by atoms with van der Waals surface area (Å²) in [6, 6.07) is 17.8. The predicted octanol–water partition coefficient (Wildman–Crippen LogP) is 6.97. The van der Waals surface area contributed by atoms with Crippen molar-refractivity contribution in [3.05, 3.63) is 95.8 Å². The molecule has 2 unspecified atom stereocenters. The summed E-state index contributed by atoms with van der Waals surface area (Å²) in [5.74, 6) is -2.66. The number of benzene rings is 3. The third-order valence-electron chi connectivity index (χ3n) is 5.34. The van der Waals surface area contributed by atoms with E-state index in [0.717, 1.165) is 18.2 Å². The smallest absolute Gasteiger partial charge is 0.439 e. The lowest BCUT2D eigenvalue weighted by Crippen LogP contribution is -2.45. The van der Waals surface area contributed by atoms with Gasteiger partial charge in [0.2, 0.25) is 0 Å². The molecule has 0 saturated heterocycles. The van der Waals surface area contributed by atoms with Crippen molar-refractivity contribution in [3.8, 4) is 11.5 Å². The van der Waals surface area contributed by atoms with Gasteiger partial charge in [-0.3, -0.25) is 0 Å². The summed E-state index contributed by atoms with van der Waals surface area (Å²) < 4.78 is 108. The molecule has 0 aromatic heterocycles. The molecule has 0 amide bonds. The first-order valence-electron chi connectivity index (χ1n) is 10.9. The molecular weight excluding hydrogens is 509 g/mol. The topological polar surface area (TPSA) is 44.8 Å². The minimum absolute atomic E-state index is 0.0383. The molecule has 0 radical (unpaired) electrons. The van der Waals surface area contributed by atoms with E-state index in [1.807, 2.05) is 0 Å². The second-order valence-electron chi connectivity index (χ2n) is 7.84. The maximum atomic E-state index is 13.9. The predicted molar refractivity (Wildman–Crippen MR) is 118 cm³/mol. The molecule has 0 aliphatic rings. The van der Waals surface area contributed by atoms with E-state index >= 15 is 0 Å². The van der Waals surface area contributed by atoms with E-state index in [4.69, 9.17) is 9.47 Å². The zero-order chi connectivity index (χ0) is 27.3. The molecule has 2 atom stereocenters. The molecule has 0 heterocycles. The van der Waals surface area contributed by atoms with E-state index in [0.29, 0.717) is 5.56 Å². The van der Waals surface area contributed by atoms with E-state index in [-0.39, 0.29) is 17.7 Å². The van der Waals surface area contributed by atoms with E-state index in [9.17, 15) is 35.5 Å². The maximum absolute atomic E-state index is 13.9. The van der Waals surface area contributed by atoms with Gasteiger partial charge in [0.1, 0.15) is 5.75 Å². The maximum Gasteiger partial charge on any atom is 0.439 e. The Labute approximate surface area is 207 Å². The van der Waals surface area contributed by atoms with E-state index in [2.05, 4.69) is 4.74 Å². The Hall–Kier alpha value is -3.76. The zero-order valence-corrected chi connectivity index (χ0v) is 19.3. The van der Waals surface area contributed by atoms with Crippen molar-refractivity contribution in [1.29, 1.82) is 0 Å². The second-order valence-corrected chi connectivity index (χ2v) is 7.84. The third kappa shape index (κ3) is 6.52. The minimum atomic E-state index is -5.86. The number of ether oxygens (including phenoxy) is 3. The van der Waals surface area contributed by atoms with Gasteiger partial charge in [0.15, 0.2) is 23.8 Å². The Balaban J connectivity index is 1.94. The molecule has 198 valence electrons. The number of hydrogen-bond donors (Lipinski definition) is 0. The van der Waals surface area contributed by atoms with Crippen LogP contribution < -0.4 is 9.47 Å². The summed E-state index contributed by atoms with van der Waals surface area (Å²) in [6.07, 6.45) is -15.6. The summed E-state index contributed by atoms with van der Waals surface area (Å²) in [7, 11) is 0. The van der Waals surface area contributed by atoms with Gasteiger partial charge < -0.3 is 14.2 Å². The summed E-state index contributed by atoms with van der Waals surface area (Å²) in [5.41, 5.74) is -1.19. The van der Waals surface area contributed by atoms with Crippen LogP contribution in [0.5, 0.6) is 11.5 Å². The number of halogens is 7. The molecule has 4 nitrogen and oxygen atoms in total. The SMILES string of the molecule is CCC(OC(=O)COc1ccccc1F)(c1ccccc1)c1cccc(OC(F)(F)C(F)C(F)(F)F)c1. The molecule has 3 aromatic rings. The van der Waals surface area contributed by atoms with E-state index in [1.165, 1.54) is 30.3 Å². The number of rotatable bonds is 10. The highest BCUT2D eigenvalue weighted by molar-refractivity contribution is 5.72. The number of para-hydroxylation sites is 1. The number of carbonyl (C=O) groups excluding carboxylic acids is 1. The average Bonchev–Trinajstić information content (AvgIpc) is 2.86. The van der Waals surface area contributed by atoms with Crippen LogP contribution in [0, 0.1) is 5.82 Å². The number of hydrogen-bond acceptors (Lipinski definition) is 4. The van der Waals surface area contributed by atoms with Crippen LogP contribution in [0.3, 0.4) is 0 Å². The molecule has 0 N–H and O–H groups in total. The normalized spacial score (nSPS) is 14.4. The van der Waals surface area contributed by atoms with Crippen LogP contribution >= 0.6 is 0 Å². The van der Waals surface area contributed by atoms with Gasteiger partial charge >= 0.3 is 18.3 Å². The fourth-order valence-electron chi connectivity index (χ4n) is 3.60. The van der Waals surface area contributed by atoms with Gasteiger partial charge in [0.05, 0.1) is 0 Å². The summed E-state index contributed by atoms with van der Waals surface area (Å²) in [6.45, 7) is 0.903. The van der Waals surface area contributed by atoms with Crippen molar-refractivity contribution < 1.29 is 49.7 Å². The van der Waals surface area contributed by atoms with Crippen molar-refractivity contribution in [2.45, 2.75) is 37.4 Å². The van der Waals surface area contributed by atoms with Crippen LogP contribution in [0.1, 0.15) is 24.5 Å². The fourth-order valence-corrected chi connectivity index (χ4v) is 3.60. The largest absolute Gasteiger partial charge is 0.479 e. The number of esters is 1. The standard InChI is InChI=1S/C26H21F7O4/c1-2-24(17-9-4-3-5-10-17,37-22(34)16-35-21-14-7-6-13-20(21)27)18-11-8-12-19(15-18)36-26(32,33)23(28)25(29,30)31/h3-15,23H,2,16H2,1H3. The lowest BCUT2D eigenvalue weighted by atomic mass is 9.83. The number of alkyl halides is 6. The summed E-state index contributed by atoms with van der Waals surface area (Å²) in [4.78, 5) is 12.8. The molecule has 0 fully saturated rings. The lowest BCUT2D eigenvalue weighted by Gasteiger charge is -2.34. The first kappa shape index (κ1) is 27.8. The molecule has 3 rings (SSSR count). The molecule has 0 saturated carbocycles. The van der Waals surface area contributed by atoms with E-state index in [1.54, 1.807) is 37.3 Å². The minimum Gasteiger partial charge on any atom is -0.479 e. The Kier molecular flexibility index (Phi) is 8.35. The Morgan fingerprint density at radius 2 is 1.49 bits per heavy atom. The van der Waals surface area contributed by atoms with Gasteiger partial charge in [0.25, 0.3) is 6.17 Å². The second kappa shape index (κ2) is 11.1. The van der Waals surface area contributed by atoms with Crippen molar-refractivity contribution in [3.63, 3.8) is 0 Å². The van der Waals surface area contributed by atoms with Gasteiger partial charge in [-0.2, -0.15) is 22.0 Å². The first-order chi connectivity index (χ1) is 17.4. The molecule has 11 heteroatoms. The van der Waals surface area contributed by atoms with Gasteiger partial charge in [-0.1, -0.05) is 61.5 Å². The van der Waals surface area contributed by atoms with E-state index < -0.39 is 48.2 Å². The monoisotopic (exact) mass is 530 g/mol. The van der Waals surface area contributed by atoms with Gasteiger partial charge in [-0.25, -0.2) is 13.6 Å². The molecule has 0 aliphatic heterocycles. The highest BCUT2D eigenvalue weighted by atomic mass is 19.4. The quantitative estimate of drug-likeness (QED) is 0.210. The van der Waals surface area contributed by atoms with Crippen LogP contribution in [-0.2, 0) is 15.1 Å². The van der Waals surface area contributed by atoms with Crippen molar-refractivity contribution in [2.75, 3.05) is 6.61 Å². The van der Waals surface area contributed by atoms with Crippen molar-refractivity contribution >= 4 is 5.97 Å². The Bertz CT molecular complexity index is 1200. The summed E-state index contributed by atoms with van der Waals surface area (Å²) >= 11 is 0. The highest BCUT2D eigenvalue weighted by Crippen LogP contribution is 2.41. The van der Waals surface area contributed by atoms with Gasteiger partial charge in [-0.05, 0) is 30.7 Å². The fraction of sp³-hybridized carbons (Fsp3) is 0.269. The van der Waals surface area contributed by atoms with Crippen LogP contribution in [0.15, 0.2) is 78.9 Å². The average molecular weight is 530 g/mol. The molecule has 0 aliphatic carbocycles. The van der Waals surface area contributed by atoms with Gasteiger partial charge in [-0.15, -0.1) is 0 Å². The Morgan fingerprint density at radius 1 is 0.865 bits per heavy atom. The molecule has 0 spiro atoms. The first-order valence-corrected chi connectivity index (χ1v) is 10.9. The molecular formula is C26H21F7O4. The van der Waals surface area contributed by atoms with Gasteiger partial charge in [0, 0.05) is 11.1 Å². The number of carbonyl (C=O) groups is 1. The lowest BCUT2D eigenvalue weighted by molar-refractivity contribution is -0.305. The third-order valence-corrected chi connectivity index (χ3v) is 5.34. The van der Waals surface area contributed by atoms with Crippen LogP contribution in [0.2, 0.25) is 0 Å².